The Morgan fingerprint density at radius 3 is 2.46 bits per heavy atom. The number of methoxy groups -OCH3 is 3. The third-order valence-electron chi connectivity index (χ3n) is 6.87. The van der Waals surface area contributed by atoms with Gasteiger partial charge >= 0.3 is 5.97 Å². The first-order chi connectivity index (χ1) is 18.9. The SMILES string of the molecule is COc1ccc2occ(C3CC(=O)Oc4ccc5c(c43)O/C(=C\c3ccc(OC)c(OC)c3)C5=O)c(=O)c2c1. The summed E-state index contributed by atoms with van der Waals surface area (Å²) in [6.45, 7) is 0. The summed E-state index contributed by atoms with van der Waals surface area (Å²) < 4.78 is 33.2. The Morgan fingerprint density at radius 1 is 0.872 bits per heavy atom. The Bertz CT molecular complexity index is 1760. The van der Waals surface area contributed by atoms with Gasteiger partial charge in [-0.2, -0.15) is 0 Å². The number of ketones is 1. The lowest BCUT2D eigenvalue weighted by molar-refractivity contribution is -0.135. The van der Waals surface area contributed by atoms with Crippen LogP contribution in [-0.4, -0.2) is 33.1 Å². The van der Waals surface area contributed by atoms with Crippen molar-refractivity contribution in [2.45, 2.75) is 12.3 Å². The maximum atomic E-state index is 13.6. The van der Waals surface area contributed by atoms with Gasteiger partial charge in [-0.25, -0.2) is 0 Å². The van der Waals surface area contributed by atoms with Gasteiger partial charge in [-0.05, 0) is 54.1 Å². The second-order valence-corrected chi connectivity index (χ2v) is 9.02. The van der Waals surface area contributed by atoms with E-state index in [0.29, 0.717) is 44.9 Å². The van der Waals surface area contributed by atoms with Gasteiger partial charge in [0, 0.05) is 17.0 Å². The van der Waals surface area contributed by atoms with E-state index < -0.39 is 11.9 Å². The van der Waals surface area contributed by atoms with Crippen molar-refractivity contribution in [3.05, 3.63) is 93.0 Å². The summed E-state index contributed by atoms with van der Waals surface area (Å²) in [6, 6.07) is 13.2. The molecule has 0 saturated carbocycles. The number of allylic oxidation sites excluding steroid dienone is 1. The van der Waals surface area contributed by atoms with Crippen LogP contribution in [0.3, 0.4) is 0 Å². The van der Waals surface area contributed by atoms with Crippen LogP contribution in [0.15, 0.2) is 69.8 Å². The number of esters is 1. The van der Waals surface area contributed by atoms with Crippen LogP contribution in [0.2, 0.25) is 0 Å². The van der Waals surface area contributed by atoms with Crippen LogP contribution in [0.4, 0.5) is 0 Å². The summed E-state index contributed by atoms with van der Waals surface area (Å²) >= 11 is 0. The van der Waals surface area contributed by atoms with Crippen molar-refractivity contribution >= 4 is 28.8 Å². The molecule has 6 rings (SSSR count). The van der Waals surface area contributed by atoms with E-state index in [1.165, 1.54) is 27.6 Å². The Morgan fingerprint density at radius 2 is 1.69 bits per heavy atom. The molecule has 0 saturated heterocycles. The summed E-state index contributed by atoms with van der Waals surface area (Å²) in [6.07, 6.45) is 2.81. The van der Waals surface area contributed by atoms with Crippen LogP contribution in [0.1, 0.15) is 39.4 Å². The third kappa shape index (κ3) is 3.99. The minimum atomic E-state index is -0.753. The molecule has 0 fully saturated rings. The summed E-state index contributed by atoms with van der Waals surface area (Å²) in [7, 11) is 4.56. The molecule has 1 unspecified atom stereocenters. The predicted molar refractivity (Wildman–Crippen MR) is 140 cm³/mol. The number of carbonyl (C=O) groups excluding carboxylic acids is 2. The van der Waals surface area contributed by atoms with Gasteiger partial charge in [0.05, 0.1) is 45.0 Å². The number of carbonyl (C=O) groups is 2. The van der Waals surface area contributed by atoms with Crippen LogP contribution in [0, 0.1) is 0 Å². The summed E-state index contributed by atoms with van der Waals surface area (Å²) in [5.41, 5.74) is 1.71. The van der Waals surface area contributed by atoms with E-state index in [4.69, 9.17) is 28.1 Å². The third-order valence-corrected chi connectivity index (χ3v) is 6.87. The molecule has 3 heterocycles. The van der Waals surface area contributed by atoms with Crippen molar-refractivity contribution in [1.82, 2.24) is 0 Å². The smallest absolute Gasteiger partial charge is 0.312 e. The average Bonchev–Trinajstić information content (AvgIpc) is 3.27. The Kier molecular flexibility index (Phi) is 5.83. The van der Waals surface area contributed by atoms with Crippen molar-refractivity contribution in [3.63, 3.8) is 0 Å². The molecule has 1 atom stereocenters. The number of fused-ring (bicyclic) bond motifs is 4. The normalized spacial score (nSPS) is 16.9. The highest BCUT2D eigenvalue weighted by Gasteiger charge is 2.39. The van der Waals surface area contributed by atoms with E-state index in [1.54, 1.807) is 54.6 Å². The molecule has 3 aromatic carbocycles. The molecule has 0 amide bonds. The standard InChI is InChI=1S/C30H22O9/c1-34-16-5-8-21-19(12-16)28(32)20(14-37-21)18-13-26(31)38-23-9-6-17-29(33)25(39-30(17)27(18)23)11-15-4-7-22(35-2)24(10-15)36-3/h4-12,14,18H,13H2,1-3H3/b25-11-. The van der Waals surface area contributed by atoms with Crippen molar-refractivity contribution < 1.29 is 37.7 Å². The van der Waals surface area contributed by atoms with Crippen LogP contribution in [0.25, 0.3) is 17.0 Å². The quantitative estimate of drug-likeness (QED) is 0.204. The van der Waals surface area contributed by atoms with Gasteiger partial charge in [0.1, 0.15) is 22.8 Å². The molecule has 2 aliphatic rings. The van der Waals surface area contributed by atoms with Gasteiger partial charge in [0.15, 0.2) is 22.7 Å². The summed E-state index contributed by atoms with van der Waals surface area (Å²) in [4.78, 5) is 39.5. The number of Topliss-reactive ketones (excluding diaryl/α,β-unsaturated/α-hetero) is 1. The van der Waals surface area contributed by atoms with Crippen molar-refractivity contribution in [2.75, 3.05) is 21.3 Å². The minimum Gasteiger partial charge on any atom is -0.497 e. The molecule has 0 N–H and O–H groups in total. The lowest BCUT2D eigenvalue weighted by atomic mass is 9.85. The van der Waals surface area contributed by atoms with Gasteiger partial charge < -0.3 is 28.1 Å². The predicted octanol–water partition coefficient (Wildman–Crippen LogP) is 4.88. The Labute approximate surface area is 222 Å². The molecule has 9 nitrogen and oxygen atoms in total. The number of benzene rings is 3. The van der Waals surface area contributed by atoms with E-state index >= 15 is 0 Å². The topological polar surface area (TPSA) is 110 Å². The molecular formula is C30H22O9. The highest BCUT2D eigenvalue weighted by molar-refractivity contribution is 6.15. The van der Waals surface area contributed by atoms with Crippen LogP contribution in [0.5, 0.6) is 28.7 Å². The molecule has 2 aliphatic heterocycles. The molecule has 1 aromatic heterocycles. The summed E-state index contributed by atoms with van der Waals surface area (Å²) in [5, 5.41) is 0.311. The molecule has 39 heavy (non-hydrogen) atoms. The number of ether oxygens (including phenoxy) is 5. The maximum absolute atomic E-state index is 13.6. The van der Waals surface area contributed by atoms with E-state index in [1.807, 2.05) is 0 Å². The fourth-order valence-corrected chi connectivity index (χ4v) is 4.96. The highest BCUT2D eigenvalue weighted by atomic mass is 16.5. The first-order valence-corrected chi connectivity index (χ1v) is 12.0. The van der Waals surface area contributed by atoms with E-state index in [-0.39, 0.29) is 40.5 Å². The van der Waals surface area contributed by atoms with Gasteiger partial charge in [-0.1, -0.05) is 6.07 Å². The summed E-state index contributed by atoms with van der Waals surface area (Å²) in [5.74, 6) is 0.484. The van der Waals surface area contributed by atoms with Crippen molar-refractivity contribution in [3.8, 4) is 28.7 Å². The van der Waals surface area contributed by atoms with Gasteiger partial charge in [-0.15, -0.1) is 0 Å². The second-order valence-electron chi connectivity index (χ2n) is 9.02. The minimum absolute atomic E-state index is 0.0801. The Balaban J connectivity index is 1.46. The van der Waals surface area contributed by atoms with E-state index in [0.717, 1.165) is 0 Å². The van der Waals surface area contributed by atoms with Crippen molar-refractivity contribution in [1.29, 1.82) is 0 Å². The fraction of sp³-hybridized carbons (Fsp3) is 0.167. The Hall–Kier alpha value is -5.05. The molecule has 9 heteroatoms. The van der Waals surface area contributed by atoms with E-state index in [2.05, 4.69) is 0 Å². The molecular weight excluding hydrogens is 504 g/mol. The molecule has 0 bridgehead atoms. The van der Waals surface area contributed by atoms with Crippen LogP contribution >= 0.6 is 0 Å². The van der Waals surface area contributed by atoms with E-state index in [9.17, 15) is 14.4 Å². The first-order valence-electron chi connectivity index (χ1n) is 12.0. The zero-order chi connectivity index (χ0) is 27.3. The highest BCUT2D eigenvalue weighted by Crippen LogP contribution is 2.48. The monoisotopic (exact) mass is 526 g/mol. The fourth-order valence-electron chi connectivity index (χ4n) is 4.96. The maximum Gasteiger partial charge on any atom is 0.312 e. The number of rotatable bonds is 5. The molecule has 0 radical (unpaired) electrons. The lowest BCUT2D eigenvalue weighted by Gasteiger charge is -2.25. The zero-order valence-electron chi connectivity index (χ0n) is 21.2. The molecule has 4 aromatic rings. The van der Waals surface area contributed by atoms with Crippen LogP contribution in [-0.2, 0) is 4.79 Å². The molecule has 196 valence electrons. The first kappa shape index (κ1) is 24.3. The lowest BCUT2D eigenvalue weighted by Crippen LogP contribution is -2.25. The zero-order valence-corrected chi connectivity index (χ0v) is 21.2. The number of hydrogen-bond donors (Lipinski definition) is 0. The largest absolute Gasteiger partial charge is 0.497 e. The van der Waals surface area contributed by atoms with Gasteiger partial charge in [0.25, 0.3) is 0 Å². The second kappa shape index (κ2) is 9.36. The molecule has 0 aliphatic carbocycles. The van der Waals surface area contributed by atoms with Crippen molar-refractivity contribution in [2.24, 2.45) is 0 Å². The van der Waals surface area contributed by atoms with Crippen LogP contribution < -0.4 is 29.1 Å². The number of hydrogen-bond acceptors (Lipinski definition) is 9. The molecule has 0 spiro atoms. The van der Waals surface area contributed by atoms with Gasteiger partial charge in [-0.3, -0.25) is 14.4 Å². The average molecular weight is 526 g/mol. The van der Waals surface area contributed by atoms with Gasteiger partial charge in [0.2, 0.25) is 5.78 Å².